The average molecular weight is 301 g/mol. The number of anilines is 1. The van der Waals surface area contributed by atoms with Crippen molar-refractivity contribution in [2.75, 3.05) is 12.1 Å². The Bertz CT molecular complexity index is 679. The summed E-state index contributed by atoms with van der Waals surface area (Å²) >= 11 is 0. The molecule has 6 nitrogen and oxygen atoms in total. The summed E-state index contributed by atoms with van der Waals surface area (Å²) in [5.41, 5.74) is 1.78. The van der Waals surface area contributed by atoms with Gasteiger partial charge in [-0.2, -0.15) is 5.10 Å². The van der Waals surface area contributed by atoms with Gasteiger partial charge in [0.15, 0.2) is 11.5 Å². The molecule has 0 unspecified atom stereocenters. The number of rotatable bonds is 5. The van der Waals surface area contributed by atoms with Crippen molar-refractivity contribution in [2.45, 2.75) is 32.7 Å². The van der Waals surface area contributed by atoms with Crippen LogP contribution in [0.5, 0.6) is 11.5 Å². The van der Waals surface area contributed by atoms with Crippen LogP contribution in [0.4, 0.5) is 5.69 Å². The third-order valence-electron chi connectivity index (χ3n) is 3.49. The number of ether oxygens (including phenoxy) is 2. The van der Waals surface area contributed by atoms with Gasteiger partial charge in [0.1, 0.15) is 0 Å². The van der Waals surface area contributed by atoms with Crippen LogP contribution in [0, 0.1) is 0 Å². The molecule has 1 aromatic carbocycles. The number of hydrogen-bond donors (Lipinski definition) is 1. The van der Waals surface area contributed by atoms with Gasteiger partial charge in [0, 0.05) is 18.7 Å². The highest BCUT2D eigenvalue weighted by atomic mass is 16.7. The van der Waals surface area contributed by atoms with E-state index in [0.29, 0.717) is 12.8 Å². The van der Waals surface area contributed by atoms with E-state index in [1.807, 2.05) is 42.9 Å². The van der Waals surface area contributed by atoms with Crippen LogP contribution in [-0.2, 0) is 11.2 Å². The van der Waals surface area contributed by atoms with Crippen LogP contribution >= 0.6 is 0 Å². The number of carbonyl (C=O) groups excluding carboxylic acids is 1. The fourth-order valence-corrected chi connectivity index (χ4v) is 2.26. The molecule has 22 heavy (non-hydrogen) atoms. The smallest absolute Gasteiger partial charge is 0.231 e. The third kappa shape index (κ3) is 3.21. The number of aromatic nitrogens is 2. The van der Waals surface area contributed by atoms with Crippen molar-refractivity contribution in [3.05, 3.63) is 36.2 Å². The second-order valence-corrected chi connectivity index (χ2v) is 5.54. The zero-order valence-electron chi connectivity index (χ0n) is 12.7. The lowest BCUT2D eigenvalue weighted by Crippen LogP contribution is -2.12. The molecule has 1 amide bonds. The van der Waals surface area contributed by atoms with E-state index in [1.165, 1.54) is 0 Å². The molecule has 3 rings (SSSR count). The highest BCUT2D eigenvalue weighted by Crippen LogP contribution is 2.32. The Kier molecular flexibility index (Phi) is 4.00. The molecule has 0 fully saturated rings. The van der Waals surface area contributed by atoms with Gasteiger partial charge in [0.2, 0.25) is 12.7 Å². The van der Waals surface area contributed by atoms with Crippen LogP contribution in [0.25, 0.3) is 0 Å². The molecule has 1 aliphatic rings. The SMILES string of the molecule is CC(C)n1cc(NC(=O)CCc2ccc3c(c2)OCO3)cn1. The molecule has 0 atom stereocenters. The minimum atomic E-state index is -0.0269. The first kappa shape index (κ1) is 14.4. The van der Waals surface area contributed by atoms with Crippen molar-refractivity contribution in [3.8, 4) is 11.5 Å². The lowest BCUT2D eigenvalue weighted by atomic mass is 10.1. The van der Waals surface area contributed by atoms with E-state index in [-0.39, 0.29) is 18.7 Å². The van der Waals surface area contributed by atoms with E-state index in [4.69, 9.17) is 9.47 Å². The molecule has 1 N–H and O–H groups in total. The molecule has 6 heteroatoms. The zero-order chi connectivity index (χ0) is 15.5. The van der Waals surface area contributed by atoms with Crippen molar-refractivity contribution in [1.29, 1.82) is 0 Å². The minimum absolute atomic E-state index is 0.0269. The average Bonchev–Trinajstić information content (AvgIpc) is 3.13. The second kappa shape index (κ2) is 6.09. The summed E-state index contributed by atoms with van der Waals surface area (Å²) in [6.07, 6.45) is 4.56. The molecule has 1 aromatic heterocycles. The number of hydrogen-bond acceptors (Lipinski definition) is 4. The molecule has 1 aliphatic heterocycles. The number of fused-ring (bicyclic) bond motifs is 1. The topological polar surface area (TPSA) is 65.4 Å². The van der Waals surface area contributed by atoms with Crippen molar-refractivity contribution < 1.29 is 14.3 Å². The Hall–Kier alpha value is -2.50. The van der Waals surface area contributed by atoms with Crippen molar-refractivity contribution in [1.82, 2.24) is 9.78 Å². The highest BCUT2D eigenvalue weighted by molar-refractivity contribution is 5.90. The van der Waals surface area contributed by atoms with E-state index in [9.17, 15) is 4.79 Å². The lowest BCUT2D eigenvalue weighted by Gasteiger charge is -2.05. The Labute approximate surface area is 129 Å². The van der Waals surface area contributed by atoms with E-state index in [0.717, 1.165) is 22.7 Å². The van der Waals surface area contributed by atoms with Crippen molar-refractivity contribution in [2.24, 2.45) is 0 Å². The maximum absolute atomic E-state index is 12.0. The van der Waals surface area contributed by atoms with Gasteiger partial charge < -0.3 is 14.8 Å². The molecule has 2 heterocycles. The summed E-state index contributed by atoms with van der Waals surface area (Å²) < 4.78 is 12.4. The van der Waals surface area contributed by atoms with Gasteiger partial charge in [-0.3, -0.25) is 9.48 Å². The van der Waals surface area contributed by atoms with E-state index in [2.05, 4.69) is 10.4 Å². The van der Waals surface area contributed by atoms with Crippen LogP contribution in [0.2, 0.25) is 0 Å². The summed E-state index contributed by atoms with van der Waals surface area (Å²) in [5.74, 6) is 1.48. The fraction of sp³-hybridized carbons (Fsp3) is 0.375. The zero-order valence-corrected chi connectivity index (χ0v) is 12.7. The van der Waals surface area contributed by atoms with E-state index < -0.39 is 0 Å². The number of aryl methyl sites for hydroxylation is 1. The van der Waals surface area contributed by atoms with Gasteiger partial charge in [-0.15, -0.1) is 0 Å². The van der Waals surface area contributed by atoms with E-state index >= 15 is 0 Å². The number of benzene rings is 1. The molecule has 116 valence electrons. The van der Waals surface area contributed by atoms with Gasteiger partial charge in [-0.1, -0.05) is 6.07 Å². The third-order valence-corrected chi connectivity index (χ3v) is 3.49. The molecule has 0 bridgehead atoms. The van der Waals surface area contributed by atoms with E-state index in [1.54, 1.807) is 6.20 Å². The fourth-order valence-electron chi connectivity index (χ4n) is 2.26. The van der Waals surface area contributed by atoms with Crippen LogP contribution in [0.15, 0.2) is 30.6 Å². The van der Waals surface area contributed by atoms with Crippen LogP contribution in [0.1, 0.15) is 31.9 Å². The molecular weight excluding hydrogens is 282 g/mol. The van der Waals surface area contributed by atoms with Crippen molar-refractivity contribution >= 4 is 11.6 Å². The molecule has 0 saturated heterocycles. The number of carbonyl (C=O) groups is 1. The normalized spacial score (nSPS) is 12.7. The number of amides is 1. The largest absolute Gasteiger partial charge is 0.454 e. The Morgan fingerprint density at radius 3 is 2.95 bits per heavy atom. The molecule has 0 aliphatic carbocycles. The number of nitrogens with one attached hydrogen (secondary N) is 1. The summed E-state index contributed by atoms with van der Waals surface area (Å²) in [6.45, 7) is 4.34. The second-order valence-electron chi connectivity index (χ2n) is 5.54. The minimum Gasteiger partial charge on any atom is -0.454 e. The summed E-state index contributed by atoms with van der Waals surface area (Å²) in [6, 6.07) is 6.03. The highest BCUT2D eigenvalue weighted by Gasteiger charge is 2.13. The Morgan fingerprint density at radius 2 is 2.18 bits per heavy atom. The molecular formula is C16H19N3O3. The maximum atomic E-state index is 12.0. The number of nitrogens with zero attached hydrogens (tertiary/aromatic N) is 2. The lowest BCUT2D eigenvalue weighted by molar-refractivity contribution is -0.116. The van der Waals surface area contributed by atoms with Gasteiger partial charge in [0.05, 0.1) is 11.9 Å². The standard InChI is InChI=1S/C16H19N3O3/c1-11(2)19-9-13(8-17-19)18-16(20)6-4-12-3-5-14-15(7-12)22-10-21-14/h3,5,7-9,11H,4,6,10H2,1-2H3,(H,18,20). The van der Waals surface area contributed by atoms with Gasteiger partial charge in [-0.25, -0.2) is 0 Å². The molecule has 0 saturated carbocycles. The predicted molar refractivity (Wildman–Crippen MR) is 82.1 cm³/mol. The Balaban J connectivity index is 1.53. The van der Waals surface area contributed by atoms with Gasteiger partial charge in [-0.05, 0) is 38.0 Å². The van der Waals surface area contributed by atoms with Crippen LogP contribution < -0.4 is 14.8 Å². The molecule has 2 aromatic rings. The summed E-state index contributed by atoms with van der Waals surface area (Å²) in [4.78, 5) is 12.0. The van der Waals surface area contributed by atoms with Crippen LogP contribution in [-0.4, -0.2) is 22.5 Å². The quantitative estimate of drug-likeness (QED) is 0.922. The molecule has 0 radical (unpaired) electrons. The monoisotopic (exact) mass is 301 g/mol. The maximum Gasteiger partial charge on any atom is 0.231 e. The first-order chi connectivity index (χ1) is 10.6. The first-order valence-corrected chi connectivity index (χ1v) is 7.34. The summed E-state index contributed by atoms with van der Waals surface area (Å²) in [5, 5.41) is 7.06. The van der Waals surface area contributed by atoms with Crippen molar-refractivity contribution in [3.63, 3.8) is 0 Å². The first-order valence-electron chi connectivity index (χ1n) is 7.34. The van der Waals surface area contributed by atoms with Crippen LogP contribution in [0.3, 0.4) is 0 Å². The Morgan fingerprint density at radius 1 is 1.36 bits per heavy atom. The van der Waals surface area contributed by atoms with Gasteiger partial charge >= 0.3 is 0 Å². The molecule has 0 spiro atoms. The van der Waals surface area contributed by atoms with Gasteiger partial charge in [0.25, 0.3) is 0 Å². The predicted octanol–water partition coefficient (Wildman–Crippen LogP) is 2.76. The summed E-state index contributed by atoms with van der Waals surface area (Å²) in [7, 11) is 0.